The summed E-state index contributed by atoms with van der Waals surface area (Å²) in [6.07, 6.45) is -7.57. The lowest BCUT2D eigenvalue weighted by Crippen LogP contribution is -2.44. The summed E-state index contributed by atoms with van der Waals surface area (Å²) in [5.74, 6) is -0.491. The molecule has 0 spiro atoms. The Morgan fingerprint density at radius 1 is 1.16 bits per heavy atom. The van der Waals surface area contributed by atoms with Crippen LogP contribution in [0.25, 0.3) is 11.0 Å². The van der Waals surface area contributed by atoms with Gasteiger partial charge in [0.25, 0.3) is 6.43 Å². The van der Waals surface area contributed by atoms with Gasteiger partial charge < -0.3 is 0 Å². The van der Waals surface area contributed by atoms with E-state index in [4.69, 9.17) is 0 Å². The Kier molecular flexibility index (Phi) is 4.97. The van der Waals surface area contributed by atoms with Gasteiger partial charge in [0.15, 0.2) is 11.7 Å². The average molecular weight is 442 g/mol. The molecule has 12 heteroatoms. The predicted octanol–water partition coefficient (Wildman–Crippen LogP) is 4.03. The van der Waals surface area contributed by atoms with Crippen molar-refractivity contribution in [3.63, 3.8) is 0 Å². The molecule has 1 unspecified atom stereocenters. The number of fused-ring (bicyclic) bond motifs is 2. The first kappa shape index (κ1) is 21.2. The third-order valence-corrected chi connectivity index (χ3v) is 5.27. The number of pyridine rings is 1. The molecule has 1 amide bonds. The van der Waals surface area contributed by atoms with Crippen molar-refractivity contribution in [3.05, 3.63) is 34.8 Å². The molecule has 7 nitrogen and oxygen atoms in total. The summed E-state index contributed by atoms with van der Waals surface area (Å²) < 4.78 is 69.1. The molecule has 4 rings (SSSR count). The fourth-order valence-electron chi connectivity index (χ4n) is 3.99. The molecule has 1 aliphatic rings. The highest BCUT2D eigenvalue weighted by Gasteiger charge is 2.46. The number of amides is 1. The van der Waals surface area contributed by atoms with Gasteiger partial charge in [0.1, 0.15) is 12.4 Å². The Balaban J connectivity index is 1.70. The molecule has 31 heavy (non-hydrogen) atoms. The summed E-state index contributed by atoms with van der Waals surface area (Å²) in [5.41, 5.74) is 0.899. The summed E-state index contributed by atoms with van der Waals surface area (Å²) in [5, 5.41) is 8.29. The van der Waals surface area contributed by atoms with Crippen molar-refractivity contribution in [1.29, 1.82) is 0 Å². The second-order valence-electron chi connectivity index (χ2n) is 7.58. The molecule has 166 valence electrons. The summed E-state index contributed by atoms with van der Waals surface area (Å²) in [4.78, 5) is 18.5. The molecule has 1 aliphatic heterocycles. The number of alkyl halides is 5. The van der Waals surface area contributed by atoms with Crippen LogP contribution < -0.4 is 4.90 Å². The number of hydrogen-bond donors (Lipinski definition) is 0. The Bertz CT molecular complexity index is 1160. The third-order valence-electron chi connectivity index (χ3n) is 5.27. The molecule has 0 bridgehead atoms. The Morgan fingerprint density at radius 2 is 1.87 bits per heavy atom. The highest BCUT2D eigenvalue weighted by Crippen LogP contribution is 2.39. The summed E-state index contributed by atoms with van der Waals surface area (Å²) in [7, 11) is 0. The molecule has 0 N–H and O–H groups in total. The smallest absolute Gasteiger partial charge is 0.295 e. The van der Waals surface area contributed by atoms with E-state index in [0.717, 1.165) is 4.68 Å². The van der Waals surface area contributed by atoms with E-state index >= 15 is 0 Å². The maximum Gasteiger partial charge on any atom is 0.410 e. The van der Waals surface area contributed by atoms with Crippen molar-refractivity contribution in [1.82, 2.24) is 24.5 Å². The number of hydrogen-bond acceptors (Lipinski definition) is 4. The number of halogens is 5. The minimum absolute atomic E-state index is 0.0432. The molecule has 4 heterocycles. The van der Waals surface area contributed by atoms with Crippen LogP contribution >= 0.6 is 0 Å². The van der Waals surface area contributed by atoms with E-state index in [2.05, 4.69) is 15.2 Å². The molecular weight excluding hydrogens is 423 g/mol. The van der Waals surface area contributed by atoms with Crippen LogP contribution in [0.15, 0.2) is 12.1 Å². The van der Waals surface area contributed by atoms with E-state index in [9.17, 15) is 26.7 Å². The SMILES string of the molecule is Cc1cc(C(F)F)c2c(C)nn(CC(=O)N3CCC(C(F)(F)F)n4nc(C)cc43)c2n1. The Labute approximate surface area is 173 Å². The zero-order valence-corrected chi connectivity index (χ0v) is 16.9. The number of anilines is 1. The van der Waals surface area contributed by atoms with Crippen molar-refractivity contribution in [3.8, 4) is 0 Å². The van der Waals surface area contributed by atoms with E-state index in [-0.39, 0.29) is 41.9 Å². The zero-order valence-electron chi connectivity index (χ0n) is 16.9. The number of aromatic nitrogens is 5. The highest BCUT2D eigenvalue weighted by molar-refractivity contribution is 5.94. The topological polar surface area (TPSA) is 68.8 Å². The van der Waals surface area contributed by atoms with Crippen LogP contribution in [0.1, 0.15) is 41.5 Å². The van der Waals surface area contributed by atoms with Crippen LogP contribution in [0.5, 0.6) is 0 Å². The minimum atomic E-state index is -4.50. The van der Waals surface area contributed by atoms with Gasteiger partial charge in [-0.3, -0.25) is 9.69 Å². The molecular formula is C19H19F5N6O. The van der Waals surface area contributed by atoms with Crippen LogP contribution in [-0.4, -0.2) is 43.2 Å². The van der Waals surface area contributed by atoms with Gasteiger partial charge in [0, 0.05) is 23.9 Å². The number of carbonyl (C=O) groups is 1. The van der Waals surface area contributed by atoms with E-state index < -0.39 is 24.6 Å². The molecule has 3 aromatic heterocycles. The van der Waals surface area contributed by atoms with Gasteiger partial charge in [-0.05, 0) is 33.3 Å². The van der Waals surface area contributed by atoms with Gasteiger partial charge in [0.2, 0.25) is 5.91 Å². The lowest BCUT2D eigenvalue weighted by Gasteiger charge is -2.33. The van der Waals surface area contributed by atoms with Crippen molar-refractivity contribution in [2.45, 2.75) is 52.4 Å². The standard InChI is InChI=1S/C19H19F5N6O/c1-9-6-12(17(20)21)16-11(3)27-29(18(16)25-9)8-15(31)28-5-4-13(19(22,23)24)30-14(28)7-10(2)26-30/h6-7,13,17H,4-5,8H2,1-3H3. The van der Waals surface area contributed by atoms with Crippen LogP contribution in [0.2, 0.25) is 0 Å². The predicted molar refractivity (Wildman–Crippen MR) is 101 cm³/mol. The zero-order chi connectivity index (χ0) is 22.7. The van der Waals surface area contributed by atoms with E-state index in [1.54, 1.807) is 20.8 Å². The second-order valence-corrected chi connectivity index (χ2v) is 7.58. The molecule has 0 radical (unpaired) electrons. The van der Waals surface area contributed by atoms with E-state index in [1.807, 2.05) is 0 Å². The first-order chi connectivity index (χ1) is 14.5. The quantitative estimate of drug-likeness (QED) is 0.575. The van der Waals surface area contributed by atoms with Gasteiger partial charge in [-0.15, -0.1) is 0 Å². The third kappa shape index (κ3) is 3.63. The second kappa shape index (κ2) is 7.27. The van der Waals surface area contributed by atoms with Crippen LogP contribution in [0.3, 0.4) is 0 Å². The number of carbonyl (C=O) groups excluding carboxylic acids is 1. The normalized spacial score (nSPS) is 16.9. The van der Waals surface area contributed by atoms with Crippen molar-refractivity contribution >= 4 is 22.8 Å². The number of rotatable bonds is 3. The van der Waals surface area contributed by atoms with Gasteiger partial charge in [-0.1, -0.05) is 0 Å². The molecule has 0 saturated heterocycles. The average Bonchev–Trinajstić information content (AvgIpc) is 3.18. The minimum Gasteiger partial charge on any atom is -0.295 e. The van der Waals surface area contributed by atoms with Crippen molar-refractivity contribution in [2.75, 3.05) is 11.4 Å². The van der Waals surface area contributed by atoms with Crippen molar-refractivity contribution in [2.24, 2.45) is 0 Å². The first-order valence-corrected chi connectivity index (χ1v) is 9.53. The van der Waals surface area contributed by atoms with Crippen molar-refractivity contribution < 1.29 is 26.7 Å². The van der Waals surface area contributed by atoms with Gasteiger partial charge in [-0.25, -0.2) is 23.1 Å². The van der Waals surface area contributed by atoms with Gasteiger partial charge in [0.05, 0.1) is 16.8 Å². The molecule has 3 aromatic rings. The molecule has 0 aliphatic carbocycles. The lowest BCUT2D eigenvalue weighted by atomic mass is 10.1. The summed E-state index contributed by atoms with van der Waals surface area (Å²) >= 11 is 0. The molecule has 0 saturated carbocycles. The molecule has 0 fully saturated rings. The van der Waals surface area contributed by atoms with Crippen LogP contribution in [0, 0.1) is 20.8 Å². The van der Waals surface area contributed by atoms with Gasteiger partial charge >= 0.3 is 6.18 Å². The molecule has 0 aromatic carbocycles. The monoisotopic (exact) mass is 442 g/mol. The largest absolute Gasteiger partial charge is 0.410 e. The number of aryl methyl sites for hydroxylation is 3. The maximum atomic E-state index is 13.5. The van der Waals surface area contributed by atoms with E-state index in [1.165, 1.54) is 21.7 Å². The molecule has 1 atom stereocenters. The Morgan fingerprint density at radius 3 is 2.52 bits per heavy atom. The van der Waals surface area contributed by atoms with Gasteiger partial charge in [-0.2, -0.15) is 23.4 Å². The highest BCUT2D eigenvalue weighted by atomic mass is 19.4. The first-order valence-electron chi connectivity index (χ1n) is 9.53. The maximum absolute atomic E-state index is 13.5. The summed E-state index contributed by atoms with van der Waals surface area (Å²) in [6, 6.07) is 0.877. The van der Waals surface area contributed by atoms with Crippen LogP contribution in [-0.2, 0) is 11.3 Å². The van der Waals surface area contributed by atoms with Crippen LogP contribution in [0.4, 0.5) is 27.8 Å². The van der Waals surface area contributed by atoms with E-state index in [0.29, 0.717) is 17.1 Å². The fourth-order valence-corrected chi connectivity index (χ4v) is 3.99. The lowest BCUT2D eigenvalue weighted by molar-refractivity contribution is -0.173. The Hall–Kier alpha value is -3.05. The summed E-state index contributed by atoms with van der Waals surface area (Å²) in [6.45, 7) is 4.14. The fraction of sp³-hybridized carbons (Fsp3) is 0.474. The number of nitrogens with zero attached hydrogens (tertiary/aromatic N) is 6.